The monoisotopic (exact) mass is 220 g/mol. The van der Waals surface area contributed by atoms with Crippen molar-refractivity contribution in [2.45, 2.75) is 0 Å². The summed E-state index contributed by atoms with van der Waals surface area (Å²) in [5.74, 6) is 0.869. The Kier molecular flexibility index (Phi) is 2.10. The highest BCUT2D eigenvalue weighted by molar-refractivity contribution is 5.50. The second kappa shape index (κ2) is 3.60. The van der Waals surface area contributed by atoms with Crippen molar-refractivity contribution in [2.24, 2.45) is 0 Å². The predicted octanol–water partition coefficient (Wildman–Crippen LogP) is -1.17. The third-order valence-electron chi connectivity index (χ3n) is 2.74. The molecule has 2 aromatic heterocycles. The van der Waals surface area contributed by atoms with Gasteiger partial charge in [0.15, 0.2) is 5.65 Å². The third-order valence-corrected chi connectivity index (χ3v) is 2.74. The maximum atomic E-state index is 11.2. The highest BCUT2D eigenvalue weighted by atomic mass is 16.1. The van der Waals surface area contributed by atoms with Crippen LogP contribution in [0.25, 0.3) is 5.65 Å². The van der Waals surface area contributed by atoms with Crippen LogP contribution in [-0.2, 0) is 0 Å². The Morgan fingerprint density at radius 2 is 2.12 bits per heavy atom. The van der Waals surface area contributed by atoms with Crippen LogP contribution in [0, 0.1) is 0 Å². The number of aromatic amines is 1. The molecular formula is C9H12N6O. The van der Waals surface area contributed by atoms with Crippen molar-refractivity contribution < 1.29 is 0 Å². The quantitative estimate of drug-likeness (QED) is 0.633. The summed E-state index contributed by atoms with van der Waals surface area (Å²) < 4.78 is 1.39. The first kappa shape index (κ1) is 9.34. The second-order valence-corrected chi connectivity index (χ2v) is 3.74. The number of hydrogen-bond acceptors (Lipinski definition) is 5. The van der Waals surface area contributed by atoms with E-state index in [2.05, 4.69) is 25.4 Å². The summed E-state index contributed by atoms with van der Waals surface area (Å²) in [5.41, 5.74) is 0.350. The second-order valence-electron chi connectivity index (χ2n) is 3.74. The van der Waals surface area contributed by atoms with Gasteiger partial charge < -0.3 is 10.2 Å². The minimum absolute atomic E-state index is 0.255. The molecule has 0 amide bonds. The molecule has 0 bridgehead atoms. The van der Waals surface area contributed by atoms with E-state index in [1.54, 1.807) is 0 Å². The van der Waals surface area contributed by atoms with E-state index in [1.165, 1.54) is 10.7 Å². The minimum atomic E-state index is -0.255. The van der Waals surface area contributed by atoms with Crippen LogP contribution in [0.5, 0.6) is 0 Å². The van der Waals surface area contributed by atoms with E-state index >= 15 is 0 Å². The van der Waals surface area contributed by atoms with Crippen molar-refractivity contribution >= 4 is 11.5 Å². The maximum Gasteiger partial charge on any atom is 0.348 e. The molecule has 84 valence electrons. The molecule has 3 rings (SSSR count). The molecule has 0 spiro atoms. The number of aromatic nitrogens is 4. The summed E-state index contributed by atoms with van der Waals surface area (Å²) in [6.07, 6.45) is 1.51. The largest absolute Gasteiger partial charge is 0.354 e. The highest BCUT2D eigenvalue weighted by Gasteiger charge is 2.12. The molecule has 2 aromatic rings. The van der Waals surface area contributed by atoms with Crippen molar-refractivity contribution in [1.82, 2.24) is 24.9 Å². The van der Waals surface area contributed by atoms with Gasteiger partial charge in [0.05, 0.1) is 0 Å². The molecule has 0 aliphatic carbocycles. The minimum Gasteiger partial charge on any atom is -0.354 e. The number of nitrogens with zero attached hydrogens (tertiary/aromatic N) is 4. The van der Waals surface area contributed by atoms with Crippen molar-refractivity contribution in [3.63, 3.8) is 0 Å². The fourth-order valence-corrected chi connectivity index (χ4v) is 1.87. The fourth-order valence-electron chi connectivity index (χ4n) is 1.87. The Balaban J connectivity index is 2.01. The van der Waals surface area contributed by atoms with Gasteiger partial charge in [0.2, 0.25) is 0 Å². The molecule has 0 aromatic carbocycles. The lowest BCUT2D eigenvalue weighted by Gasteiger charge is -2.28. The summed E-state index contributed by atoms with van der Waals surface area (Å²) in [5, 5.41) is 9.59. The topological polar surface area (TPSA) is 78.3 Å². The molecular weight excluding hydrogens is 208 g/mol. The lowest BCUT2D eigenvalue weighted by Crippen LogP contribution is -2.43. The van der Waals surface area contributed by atoms with Crippen LogP contribution in [0.3, 0.4) is 0 Å². The van der Waals surface area contributed by atoms with Crippen molar-refractivity contribution in [3.05, 3.63) is 22.9 Å². The summed E-state index contributed by atoms with van der Waals surface area (Å²) in [6, 6.07) is 1.82. The van der Waals surface area contributed by atoms with E-state index < -0.39 is 0 Å². The van der Waals surface area contributed by atoms with Gasteiger partial charge in [0.1, 0.15) is 12.1 Å². The standard InChI is InChI=1S/C9H12N6O/c16-9-13-12-8-5-7(11-6-15(8)9)14-3-1-10-2-4-14/h5-6,10H,1-4H2,(H,13,16). The first-order chi connectivity index (χ1) is 7.84. The van der Waals surface area contributed by atoms with Crippen LogP contribution >= 0.6 is 0 Å². The molecule has 0 atom stereocenters. The van der Waals surface area contributed by atoms with Gasteiger partial charge in [-0.25, -0.2) is 19.3 Å². The van der Waals surface area contributed by atoms with E-state index in [4.69, 9.17) is 0 Å². The summed E-state index contributed by atoms with van der Waals surface area (Å²) in [4.78, 5) is 17.7. The Morgan fingerprint density at radius 1 is 1.31 bits per heavy atom. The fraction of sp³-hybridized carbons (Fsp3) is 0.444. The number of piperazine rings is 1. The molecule has 1 saturated heterocycles. The molecule has 2 N–H and O–H groups in total. The number of hydrogen-bond donors (Lipinski definition) is 2. The Labute approximate surface area is 91.1 Å². The van der Waals surface area contributed by atoms with E-state index in [9.17, 15) is 4.79 Å². The Hall–Kier alpha value is -1.89. The third kappa shape index (κ3) is 1.45. The zero-order valence-electron chi connectivity index (χ0n) is 8.68. The zero-order chi connectivity index (χ0) is 11.0. The van der Waals surface area contributed by atoms with Gasteiger partial charge in [0.25, 0.3) is 0 Å². The van der Waals surface area contributed by atoms with Gasteiger partial charge in [-0.1, -0.05) is 0 Å². The van der Waals surface area contributed by atoms with Crippen LogP contribution < -0.4 is 15.9 Å². The SMILES string of the molecule is O=c1[nH]nc2cc(N3CCNCC3)ncn12. The maximum absolute atomic E-state index is 11.2. The first-order valence-corrected chi connectivity index (χ1v) is 5.23. The van der Waals surface area contributed by atoms with Gasteiger partial charge in [-0.05, 0) is 0 Å². The van der Waals surface area contributed by atoms with Crippen LogP contribution in [0.2, 0.25) is 0 Å². The number of nitrogens with one attached hydrogen (secondary N) is 2. The van der Waals surface area contributed by atoms with Gasteiger partial charge in [-0.3, -0.25) is 0 Å². The number of rotatable bonds is 1. The van der Waals surface area contributed by atoms with Gasteiger partial charge in [-0.2, -0.15) is 5.10 Å². The Morgan fingerprint density at radius 3 is 2.94 bits per heavy atom. The van der Waals surface area contributed by atoms with Crippen molar-refractivity contribution in [3.8, 4) is 0 Å². The van der Waals surface area contributed by atoms with Crippen LogP contribution in [0.1, 0.15) is 0 Å². The van der Waals surface area contributed by atoms with E-state index in [0.717, 1.165) is 32.0 Å². The molecule has 0 radical (unpaired) electrons. The average molecular weight is 220 g/mol. The smallest absolute Gasteiger partial charge is 0.348 e. The number of H-pyrrole nitrogens is 1. The van der Waals surface area contributed by atoms with E-state index in [-0.39, 0.29) is 5.69 Å². The van der Waals surface area contributed by atoms with Crippen LogP contribution in [-0.4, -0.2) is 45.8 Å². The first-order valence-electron chi connectivity index (χ1n) is 5.23. The molecule has 16 heavy (non-hydrogen) atoms. The van der Waals surface area contributed by atoms with Crippen molar-refractivity contribution in [1.29, 1.82) is 0 Å². The summed E-state index contributed by atoms with van der Waals surface area (Å²) >= 11 is 0. The van der Waals surface area contributed by atoms with E-state index in [1.807, 2.05) is 6.07 Å². The summed E-state index contributed by atoms with van der Waals surface area (Å²) in [6.45, 7) is 3.77. The van der Waals surface area contributed by atoms with Crippen molar-refractivity contribution in [2.75, 3.05) is 31.1 Å². The Bertz CT molecular complexity index is 552. The highest BCUT2D eigenvalue weighted by Crippen LogP contribution is 2.11. The number of anilines is 1. The van der Waals surface area contributed by atoms with Gasteiger partial charge >= 0.3 is 5.69 Å². The lowest BCUT2D eigenvalue weighted by molar-refractivity contribution is 0.584. The molecule has 0 saturated carbocycles. The number of fused-ring (bicyclic) bond motifs is 1. The van der Waals surface area contributed by atoms with Gasteiger partial charge in [0, 0.05) is 32.2 Å². The van der Waals surface area contributed by atoms with Crippen LogP contribution in [0.4, 0.5) is 5.82 Å². The molecule has 1 fully saturated rings. The molecule has 3 heterocycles. The molecule has 1 aliphatic heterocycles. The molecule has 7 heteroatoms. The summed E-state index contributed by atoms with van der Waals surface area (Å²) in [7, 11) is 0. The zero-order valence-corrected chi connectivity index (χ0v) is 8.68. The molecule has 7 nitrogen and oxygen atoms in total. The molecule has 1 aliphatic rings. The predicted molar refractivity (Wildman–Crippen MR) is 58.7 cm³/mol. The van der Waals surface area contributed by atoms with Crippen LogP contribution in [0.15, 0.2) is 17.2 Å². The normalized spacial score (nSPS) is 16.9. The lowest BCUT2D eigenvalue weighted by atomic mass is 10.3. The van der Waals surface area contributed by atoms with Gasteiger partial charge in [-0.15, -0.1) is 0 Å². The van der Waals surface area contributed by atoms with E-state index in [0.29, 0.717) is 5.65 Å². The molecule has 0 unspecified atom stereocenters. The average Bonchev–Trinajstić information content (AvgIpc) is 2.72.